The van der Waals surface area contributed by atoms with Crippen molar-refractivity contribution >= 4 is 11.9 Å². The first kappa shape index (κ1) is 16.0. The quantitative estimate of drug-likeness (QED) is 0.547. The number of hydrogen-bond acceptors (Lipinski definition) is 2. The van der Waals surface area contributed by atoms with Crippen molar-refractivity contribution in [2.24, 2.45) is 0 Å². The Morgan fingerprint density at radius 2 is 1.77 bits per heavy atom. The van der Waals surface area contributed by atoms with Crippen LogP contribution in [0.2, 0.25) is 0 Å². The molecule has 2 nitrogen and oxygen atoms in total. The summed E-state index contributed by atoms with van der Waals surface area (Å²) in [5, 5.41) is 0. The van der Waals surface area contributed by atoms with Gasteiger partial charge in [-0.2, -0.15) is 0 Å². The van der Waals surface area contributed by atoms with Gasteiger partial charge in [-0.25, -0.2) is 0 Å². The first-order valence-electron chi connectivity index (χ1n) is 7.66. The number of rotatable bonds is 6. The van der Waals surface area contributed by atoms with Crippen LogP contribution in [0.25, 0.3) is 6.08 Å². The maximum absolute atomic E-state index is 12.2. The summed E-state index contributed by atoms with van der Waals surface area (Å²) in [6.45, 7) is 6.83. The Hall–Kier alpha value is -2.35. The topological polar surface area (TPSA) is 26.3 Å². The van der Waals surface area contributed by atoms with Gasteiger partial charge in [0.25, 0.3) is 0 Å². The zero-order chi connectivity index (χ0) is 15.9. The molecule has 0 fully saturated rings. The third-order valence-corrected chi connectivity index (χ3v) is 3.49. The Labute approximate surface area is 132 Å². The summed E-state index contributed by atoms with van der Waals surface area (Å²) in [5.74, 6) is 1.27. The Balaban J connectivity index is 2.14. The number of para-hydroxylation sites is 1. The van der Waals surface area contributed by atoms with E-state index in [4.69, 9.17) is 4.74 Å². The molecule has 2 aromatic rings. The lowest BCUT2D eigenvalue weighted by molar-refractivity contribution is 0.104. The van der Waals surface area contributed by atoms with Crippen LogP contribution in [0.4, 0.5) is 0 Å². The summed E-state index contributed by atoms with van der Waals surface area (Å²) in [6, 6.07) is 15.5. The summed E-state index contributed by atoms with van der Waals surface area (Å²) in [7, 11) is 0. The monoisotopic (exact) mass is 294 g/mol. The second-order valence-corrected chi connectivity index (χ2v) is 5.45. The van der Waals surface area contributed by atoms with Crippen LogP contribution in [0.3, 0.4) is 0 Å². The third kappa shape index (κ3) is 4.08. The van der Waals surface area contributed by atoms with Crippen LogP contribution in [0.5, 0.6) is 5.75 Å². The molecule has 0 aliphatic heterocycles. The van der Waals surface area contributed by atoms with Crippen molar-refractivity contribution in [1.82, 2.24) is 0 Å². The van der Waals surface area contributed by atoms with Crippen LogP contribution in [0, 0.1) is 0 Å². The second-order valence-electron chi connectivity index (χ2n) is 5.45. The largest absolute Gasteiger partial charge is 0.493 e. The van der Waals surface area contributed by atoms with Gasteiger partial charge in [0.15, 0.2) is 5.78 Å². The SMILES string of the molecule is CCOc1ccccc1/C=C/C(=O)c1ccc(C(C)C)cc1. The molecule has 114 valence electrons. The minimum Gasteiger partial charge on any atom is -0.493 e. The Bertz CT molecular complexity index is 652. The molecule has 0 aliphatic carbocycles. The highest BCUT2D eigenvalue weighted by atomic mass is 16.5. The van der Waals surface area contributed by atoms with Crippen molar-refractivity contribution in [2.45, 2.75) is 26.7 Å². The third-order valence-electron chi connectivity index (χ3n) is 3.49. The molecule has 0 N–H and O–H groups in total. The number of carbonyl (C=O) groups is 1. The van der Waals surface area contributed by atoms with Crippen molar-refractivity contribution < 1.29 is 9.53 Å². The Kier molecular flexibility index (Phi) is 5.54. The molecule has 0 aromatic heterocycles. The minimum atomic E-state index is 0.00149. The van der Waals surface area contributed by atoms with Crippen LogP contribution in [-0.2, 0) is 0 Å². The summed E-state index contributed by atoms with van der Waals surface area (Å²) in [4.78, 5) is 12.2. The minimum absolute atomic E-state index is 0.00149. The molecule has 0 aliphatic rings. The normalized spacial score (nSPS) is 11.1. The van der Waals surface area contributed by atoms with Gasteiger partial charge in [0.1, 0.15) is 5.75 Å². The zero-order valence-electron chi connectivity index (χ0n) is 13.4. The number of hydrogen-bond donors (Lipinski definition) is 0. The fourth-order valence-electron chi connectivity index (χ4n) is 2.20. The molecular weight excluding hydrogens is 272 g/mol. The highest BCUT2D eigenvalue weighted by Crippen LogP contribution is 2.20. The lowest BCUT2D eigenvalue weighted by Crippen LogP contribution is -1.96. The van der Waals surface area contributed by atoms with Crippen molar-refractivity contribution in [3.63, 3.8) is 0 Å². The molecule has 22 heavy (non-hydrogen) atoms. The van der Waals surface area contributed by atoms with E-state index in [1.54, 1.807) is 6.08 Å². The maximum Gasteiger partial charge on any atom is 0.185 e. The molecule has 0 unspecified atom stereocenters. The van der Waals surface area contributed by atoms with Gasteiger partial charge in [0, 0.05) is 11.1 Å². The molecule has 0 heterocycles. The van der Waals surface area contributed by atoms with Gasteiger partial charge in [0.05, 0.1) is 6.61 Å². The van der Waals surface area contributed by atoms with Gasteiger partial charge < -0.3 is 4.74 Å². The van der Waals surface area contributed by atoms with Crippen LogP contribution >= 0.6 is 0 Å². The summed E-state index contributed by atoms with van der Waals surface area (Å²) in [5.41, 5.74) is 2.85. The van der Waals surface area contributed by atoms with E-state index in [2.05, 4.69) is 13.8 Å². The van der Waals surface area contributed by atoms with E-state index in [0.717, 1.165) is 11.3 Å². The molecule has 0 atom stereocenters. The number of allylic oxidation sites excluding steroid dienone is 1. The predicted molar refractivity (Wildman–Crippen MR) is 91.5 cm³/mol. The van der Waals surface area contributed by atoms with Gasteiger partial charge in [-0.05, 0) is 36.6 Å². The van der Waals surface area contributed by atoms with E-state index in [1.807, 2.05) is 61.5 Å². The van der Waals surface area contributed by atoms with Crippen LogP contribution in [0.1, 0.15) is 48.2 Å². The lowest BCUT2D eigenvalue weighted by Gasteiger charge is -2.06. The highest BCUT2D eigenvalue weighted by molar-refractivity contribution is 6.06. The zero-order valence-corrected chi connectivity index (χ0v) is 13.4. The van der Waals surface area contributed by atoms with Crippen molar-refractivity contribution in [2.75, 3.05) is 6.61 Å². The van der Waals surface area contributed by atoms with E-state index in [9.17, 15) is 4.79 Å². The second kappa shape index (κ2) is 7.60. The van der Waals surface area contributed by atoms with Crippen LogP contribution < -0.4 is 4.74 Å². The smallest absolute Gasteiger partial charge is 0.185 e. The molecule has 0 saturated carbocycles. The Morgan fingerprint density at radius 1 is 1.09 bits per heavy atom. The number of benzene rings is 2. The molecule has 0 radical (unpaired) electrons. The molecule has 0 bridgehead atoms. The molecule has 0 saturated heterocycles. The van der Waals surface area contributed by atoms with E-state index in [-0.39, 0.29) is 5.78 Å². The van der Waals surface area contributed by atoms with Gasteiger partial charge in [0.2, 0.25) is 0 Å². The van der Waals surface area contributed by atoms with E-state index in [0.29, 0.717) is 18.1 Å². The first-order valence-corrected chi connectivity index (χ1v) is 7.66. The van der Waals surface area contributed by atoms with Gasteiger partial charge in [-0.1, -0.05) is 56.3 Å². The summed E-state index contributed by atoms with van der Waals surface area (Å²) in [6.07, 6.45) is 3.41. The molecule has 0 spiro atoms. The van der Waals surface area contributed by atoms with Crippen LogP contribution in [-0.4, -0.2) is 12.4 Å². The van der Waals surface area contributed by atoms with E-state index >= 15 is 0 Å². The fourth-order valence-corrected chi connectivity index (χ4v) is 2.20. The van der Waals surface area contributed by atoms with Gasteiger partial charge >= 0.3 is 0 Å². The van der Waals surface area contributed by atoms with Gasteiger partial charge in [-0.15, -0.1) is 0 Å². The van der Waals surface area contributed by atoms with Crippen molar-refractivity contribution in [3.8, 4) is 5.75 Å². The van der Waals surface area contributed by atoms with Crippen molar-refractivity contribution in [3.05, 3.63) is 71.3 Å². The average molecular weight is 294 g/mol. The highest BCUT2D eigenvalue weighted by Gasteiger charge is 2.04. The predicted octanol–water partition coefficient (Wildman–Crippen LogP) is 5.10. The lowest BCUT2D eigenvalue weighted by atomic mass is 10.0. The molecular formula is C20H22O2. The molecule has 2 rings (SSSR count). The number of carbonyl (C=O) groups excluding carboxylic acids is 1. The van der Waals surface area contributed by atoms with Crippen LogP contribution in [0.15, 0.2) is 54.6 Å². The molecule has 2 heteroatoms. The molecule has 2 aromatic carbocycles. The standard InChI is InChI=1S/C20H22O2/c1-4-22-20-8-6-5-7-18(20)13-14-19(21)17-11-9-16(10-12-17)15(2)3/h5-15H,4H2,1-3H3/b14-13+. The number of ketones is 1. The summed E-state index contributed by atoms with van der Waals surface area (Å²) >= 11 is 0. The maximum atomic E-state index is 12.2. The average Bonchev–Trinajstić information content (AvgIpc) is 2.54. The summed E-state index contributed by atoms with van der Waals surface area (Å²) < 4.78 is 5.55. The Morgan fingerprint density at radius 3 is 2.41 bits per heavy atom. The van der Waals surface area contributed by atoms with Crippen molar-refractivity contribution in [1.29, 1.82) is 0 Å². The number of ether oxygens (including phenoxy) is 1. The van der Waals surface area contributed by atoms with Gasteiger partial charge in [-0.3, -0.25) is 4.79 Å². The van der Waals surface area contributed by atoms with E-state index in [1.165, 1.54) is 5.56 Å². The first-order chi connectivity index (χ1) is 10.6. The fraction of sp³-hybridized carbons (Fsp3) is 0.250. The van der Waals surface area contributed by atoms with E-state index < -0.39 is 0 Å². The molecule has 0 amide bonds.